The van der Waals surface area contributed by atoms with E-state index in [-0.39, 0.29) is 52.9 Å². The van der Waals surface area contributed by atoms with E-state index >= 15 is 0 Å². The SMILES string of the molecule is CC(=O)O[C@H]1CC[C@@]2(C)[C@H](CC[C@@H]3[C@H]2[C@H](OC(C)=O)C[C@]2(C)[C@@H](c4ccc(=O)oc4)CC[C@]32O)C1. The Balaban J connectivity index is 1.52. The average molecular weight is 487 g/mol. The molecular weight excluding hydrogens is 448 g/mol. The molecule has 0 aliphatic heterocycles. The second kappa shape index (κ2) is 8.46. The summed E-state index contributed by atoms with van der Waals surface area (Å²) in [6.07, 6.45) is 7.56. The maximum atomic E-state index is 12.5. The van der Waals surface area contributed by atoms with Gasteiger partial charge in [-0.15, -0.1) is 0 Å². The lowest BCUT2D eigenvalue weighted by atomic mass is 9.42. The van der Waals surface area contributed by atoms with E-state index < -0.39 is 11.0 Å². The van der Waals surface area contributed by atoms with Crippen LogP contribution in [0.15, 0.2) is 27.6 Å². The van der Waals surface area contributed by atoms with Crippen molar-refractivity contribution in [2.45, 2.75) is 103 Å². The maximum Gasteiger partial charge on any atom is 0.335 e. The van der Waals surface area contributed by atoms with Gasteiger partial charge in [-0.05, 0) is 86.2 Å². The van der Waals surface area contributed by atoms with Gasteiger partial charge < -0.3 is 19.0 Å². The molecule has 1 aromatic heterocycles. The molecule has 1 heterocycles. The van der Waals surface area contributed by atoms with Crippen LogP contribution in [-0.2, 0) is 19.1 Å². The van der Waals surface area contributed by atoms with Gasteiger partial charge in [-0.25, -0.2) is 4.79 Å². The lowest BCUT2D eigenvalue weighted by molar-refractivity contribution is -0.246. The summed E-state index contributed by atoms with van der Waals surface area (Å²) in [5, 5.41) is 12.5. The van der Waals surface area contributed by atoms with Crippen LogP contribution < -0.4 is 5.63 Å². The van der Waals surface area contributed by atoms with Crippen molar-refractivity contribution in [1.82, 2.24) is 0 Å². The predicted molar refractivity (Wildman–Crippen MR) is 127 cm³/mol. The molecule has 0 aromatic carbocycles. The third-order valence-corrected chi connectivity index (χ3v) is 10.5. The summed E-state index contributed by atoms with van der Waals surface area (Å²) in [6, 6.07) is 3.26. The monoisotopic (exact) mass is 486 g/mol. The van der Waals surface area contributed by atoms with Crippen LogP contribution in [0.25, 0.3) is 0 Å². The molecule has 4 aliphatic rings. The van der Waals surface area contributed by atoms with Gasteiger partial charge in [0.1, 0.15) is 12.2 Å². The quantitative estimate of drug-likeness (QED) is 0.634. The predicted octanol–water partition coefficient (Wildman–Crippen LogP) is 4.35. The van der Waals surface area contributed by atoms with Crippen molar-refractivity contribution in [3.05, 3.63) is 34.4 Å². The first kappa shape index (κ1) is 24.5. The second-order valence-corrected chi connectivity index (χ2v) is 12.1. The molecule has 0 unspecified atom stereocenters. The number of esters is 2. The zero-order chi connectivity index (χ0) is 25.2. The van der Waals surface area contributed by atoms with E-state index in [1.165, 1.54) is 26.2 Å². The number of hydrogen-bond donors (Lipinski definition) is 1. The highest BCUT2D eigenvalue weighted by molar-refractivity contribution is 5.66. The zero-order valence-electron chi connectivity index (χ0n) is 21.2. The number of ether oxygens (including phenoxy) is 2. The van der Waals surface area contributed by atoms with Crippen molar-refractivity contribution in [2.24, 2.45) is 28.6 Å². The molecule has 0 bridgehead atoms. The van der Waals surface area contributed by atoms with Gasteiger partial charge >= 0.3 is 17.6 Å². The van der Waals surface area contributed by atoms with Gasteiger partial charge in [-0.3, -0.25) is 9.59 Å². The van der Waals surface area contributed by atoms with Gasteiger partial charge in [0.15, 0.2) is 0 Å². The third-order valence-electron chi connectivity index (χ3n) is 10.5. The van der Waals surface area contributed by atoms with Crippen molar-refractivity contribution < 1.29 is 28.6 Å². The van der Waals surface area contributed by atoms with Crippen molar-refractivity contribution >= 4 is 11.9 Å². The average Bonchev–Trinajstić information content (AvgIpc) is 3.05. The Morgan fingerprint density at radius 3 is 2.43 bits per heavy atom. The molecule has 5 rings (SSSR count). The van der Waals surface area contributed by atoms with Gasteiger partial charge in [0.2, 0.25) is 0 Å². The van der Waals surface area contributed by atoms with Crippen molar-refractivity contribution in [3.8, 4) is 0 Å². The minimum atomic E-state index is -0.893. The number of rotatable bonds is 3. The number of carbonyl (C=O) groups is 2. The van der Waals surface area contributed by atoms with Crippen molar-refractivity contribution in [1.29, 1.82) is 0 Å². The van der Waals surface area contributed by atoms with Crippen LogP contribution in [0.3, 0.4) is 0 Å². The van der Waals surface area contributed by atoms with E-state index in [2.05, 4.69) is 13.8 Å². The molecule has 9 atom stereocenters. The summed E-state index contributed by atoms with van der Waals surface area (Å²) >= 11 is 0. The van der Waals surface area contributed by atoms with E-state index in [0.717, 1.165) is 44.1 Å². The normalized spacial score (nSPS) is 44.5. The van der Waals surface area contributed by atoms with Crippen LogP contribution in [0.4, 0.5) is 0 Å². The second-order valence-electron chi connectivity index (χ2n) is 12.1. The maximum absolute atomic E-state index is 12.5. The fourth-order valence-corrected chi connectivity index (χ4v) is 9.02. The largest absolute Gasteiger partial charge is 0.463 e. The Morgan fingerprint density at radius 2 is 1.77 bits per heavy atom. The van der Waals surface area contributed by atoms with Gasteiger partial charge in [0.25, 0.3) is 0 Å². The minimum Gasteiger partial charge on any atom is -0.463 e. The summed E-state index contributed by atoms with van der Waals surface area (Å²) in [5.74, 6) is -0.0923. The molecule has 1 N–H and O–H groups in total. The molecule has 0 amide bonds. The lowest BCUT2D eigenvalue weighted by Crippen LogP contribution is -2.66. The Kier molecular flexibility index (Phi) is 5.93. The van der Waals surface area contributed by atoms with Crippen LogP contribution in [0.2, 0.25) is 0 Å². The highest BCUT2D eigenvalue weighted by Crippen LogP contribution is 2.71. The Morgan fingerprint density at radius 1 is 1.03 bits per heavy atom. The zero-order valence-corrected chi connectivity index (χ0v) is 21.2. The molecule has 0 spiro atoms. The van der Waals surface area contributed by atoms with E-state index in [0.29, 0.717) is 18.8 Å². The molecule has 4 saturated carbocycles. The Bertz CT molecular complexity index is 1040. The molecule has 0 saturated heterocycles. The van der Waals surface area contributed by atoms with Gasteiger partial charge in [0.05, 0.1) is 11.9 Å². The summed E-state index contributed by atoms with van der Waals surface area (Å²) < 4.78 is 16.9. The highest BCUT2D eigenvalue weighted by Gasteiger charge is 2.70. The first-order chi connectivity index (χ1) is 16.5. The Labute approximate surface area is 206 Å². The van der Waals surface area contributed by atoms with E-state index in [4.69, 9.17) is 13.9 Å². The summed E-state index contributed by atoms with van der Waals surface area (Å²) in [5.41, 5.74) is -0.967. The highest BCUT2D eigenvalue weighted by atomic mass is 16.5. The molecule has 35 heavy (non-hydrogen) atoms. The number of fused-ring (bicyclic) bond motifs is 5. The number of carbonyl (C=O) groups excluding carboxylic acids is 2. The molecule has 7 nitrogen and oxygen atoms in total. The molecule has 1 aromatic rings. The smallest absolute Gasteiger partial charge is 0.335 e. The first-order valence-corrected chi connectivity index (χ1v) is 13.1. The summed E-state index contributed by atoms with van der Waals surface area (Å²) in [4.78, 5) is 35.5. The fraction of sp³-hybridized carbons (Fsp3) is 0.750. The van der Waals surface area contributed by atoms with Crippen LogP contribution >= 0.6 is 0 Å². The van der Waals surface area contributed by atoms with Crippen molar-refractivity contribution in [2.75, 3.05) is 0 Å². The van der Waals surface area contributed by atoms with Gasteiger partial charge in [-0.2, -0.15) is 0 Å². The van der Waals surface area contributed by atoms with E-state index in [9.17, 15) is 19.5 Å². The molecule has 7 heteroatoms. The molecule has 4 fully saturated rings. The van der Waals surface area contributed by atoms with E-state index in [1.807, 2.05) is 6.07 Å². The molecule has 0 radical (unpaired) electrons. The topological polar surface area (TPSA) is 103 Å². The van der Waals surface area contributed by atoms with Crippen LogP contribution in [-0.4, -0.2) is 34.9 Å². The lowest BCUT2D eigenvalue weighted by Gasteiger charge is -2.65. The van der Waals surface area contributed by atoms with Gasteiger partial charge in [0, 0.05) is 31.2 Å². The minimum absolute atomic E-state index is 0.0119. The van der Waals surface area contributed by atoms with Crippen LogP contribution in [0, 0.1) is 28.6 Å². The summed E-state index contributed by atoms with van der Waals surface area (Å²) in [7, 11) is 0. The third kappa shape index (κ3) is 3.76. The van der Waals surface area contributed by atoms with Crippen LogP contribution in [0.5, 0.6) is 0 Å². The Hall–Kier alpha value is -2.15. The molecule has 192 valence electrons. The van der Waals surface area contributed by atoms with E-state index in [1.54, 1.807) is 0 Å². The van der Waals surface area contributed by atoms with Gasteiger partial charge in [-0.1, -0.05) is 13.8 Å². The number of aliphatic hydroxyl groups is 1. The molecular formula is C28H38O7. The fourth-order valence-electron chi connectivity index (χ4n) is 9.02. The van der Waals surface area contributed by atoms with Crippen LogP contribution in [0.1, 0.15) is 90.5 Å². The van der Waals surface area contributed by atoms with Crippen molar-refractivity contribution in [3.63, 3.8) is 0 Å². The summed E-state index contributed by atoms with van der Waals surface area (Å²) in [6.45, 7) is 7.37. The standard InChI is InChI=1S/C28H38O7/c1-16(29)34-20-9-11-26(3)19(13-20)6-7-22-25(26)23(35-17(2)30)14-27(4)21(10-12-28(22,27)32)18-5-8-24(31)33-15-18/h5,8,15,19-23,25,32H,6-7,9-14H2,1-4H3/t19-,20+,21-,22-,23-,25+,26+,27-,28+/m1/s1. The first-order valence-electron chi connectivity index (χ1n) is 13.1. The molecule has 4 aliphatic carbocycles. The number of hydrogen-bond acceptors (Lipinski definition) is 7.